The van der Waals surface area contributed by atoms with Gasteiger partial charge < -0.3 is 4.42 Å². The summed E-state index contributed by atoms with van der Waals surface area (Å²) >= 11 is 6.85. The molecule has 1 heterocycles. The van der Waals surface area contributed by atoms with Gasteiger partial charge in [-0.05, 0) is 25.5 Å². The Kier molecular flexibility index (Phi) is 2.96. The van der Waals surface area contributed by atoms with Gasteiger partial charge in [0.1, 0.15) is 5.76 Å². The Morgan fingerprint density at radius 1 is 1.69 bits per heavy atom. The van der Waals surface area contributed by atoms with Crippen molar-refractivity contribution in [3.8, 4) is 0 Å². The van der Waals surface area contributed by atoms with Gasteiger partial charge in [0.15, 0.2) is 0 Å². The van der Waals surface area contributed by atoms with Crippen LogP contribution in [0.1, 0.15) is 19.1 Å². The zero-order chi connectivity index (χ0) is 11.8. The number of hydrogen-bond acceptors (Lipinski definition) is 3. The van der Waals surface area contributed by atoms with Gasteiger partial charge in [0.05, 0.1) is 21.1 Å². The Morgan fingerprint density at radius 3 is 2.88 bits per heavy atom. The van der Waals surface area contributed by atoms with E-state index in [-0.39, 0.29) is 9.14 Å². The highest BCUT2D eigenvalue weighted by molar-refractivity contribution is 9.25. The number of hydrogen-bond donors (Lipinski definition) is 1. The van der Waals surface area contributed by atoms with Crippen LogP contribution in [0.5, 0.6) is 0 Å². The van der Waals surface area contributed by atoms with Crippen molar-refractivity contribution in [2.75, 3.05) is 0 Å². The summed E-state index contributed by atoms with van der Waals surface area (Å²) in [5.41, 5.74) is 2.04. The first-order valence-corrected chi connectivity index (χ1v) is 6.29. The molecule has 16 heavy (non-hydrogen) atoms. The van der Waals surface area contributed by atoms with Crippen LogP contribution in [0, 0.1) is 5.41 Å². The molecule has 2 rings (SSSR count). The Labute approximate surface area is 110 Å². The summed E-state index contributed by atoms with van der Waals surface area (Å²) in [6.45, 7) is 1.87. The van der Waals surface area contributed by atoms with Gasteiger partial charge in [0.2, 0.25) is 5.91 Å². The molecule has 6 heteroatoms. The molecule has 1 N–H and O–H groups in total. The highest BCUT2D eigenvalue weighted by Gasteiger charge is 2.66. The van der Waals surface area contributed by atoms with E-state index in [1.165, 1.54) is 6.21 Å². The lowest BCUT2D eigenvalue weighted by atomic mass is 10.1. The summed E-state index contributed by atoms with van der Waals surface area (Å²) in [7, 11) is 0. The number of nitrogens with zero attached hydrogens (tertiary/aromatic N) is 1. The normalized spacial score (nSPS) is 26.9. The summed E-state index contributed by atoms with van der Waals surface area (Å²) in [4.78, 5) is 11.8. The average molecular weight is 350 g/mol. The Balaban J connectivity index is 1.90. The van der Waals surface area contributed by atoms with Crippen LogP contribution in [-0.4, -0.2) is 15.4 Å². The van der Waals surface area contributed by atoms with E-state index in [1.54, 1.807) is 18.4 Å². The van der Waals surface area contributed by atoms with Crippen molar-refractivity contribution in [1.29, 1.82) is 0 Å². The summed E-state index contributed by atoms with van der Waals surface area (Å²) in [5.74, 6) is 0.481. The van der Waals surface area contributed by atoms with Crippen LogP contribution in [0.15, 0.2) is 27.9 Å². The third kappa shape index (κ3) is 2.08. The number of alkyl halides is 2. The first-order chi connectivity index (χ1) is 7.46. The van der Waals surface area contributed by atoms with Crippen LogP contribution in [-0.2, 0) is 4.79 Å². The Hall–Kier alpha value is -0.620. The number of rotatable bonds is 3. The van der Waals surface area contributed by atoms with E-state index in [1.807, 2.05) is 6.92 Å². The van der Waals surface area contributed by atoms with Crippen molar-refractivity contribution >= 4 is 44.0 Å². The van der Waals surface area contributed by atoms with Gasteiger partial charge >= 0.3 is 0 Å². The number of furan rings is 1. The maximum absolute atomic E-state index is 11.8. The number of nitrogens with one attached hydrogen (secondary N) is 1. The van der Waals surface area contributed by atoms with E-state index in [4.69, 9.17) is 4.42 Å². The molecule has 1 atom stereocenters. The summed E-state index contributed by atoms with van der Waals surface area (Å²) in [6.07, 6.45) is 3.75. The highest BCUT2D eigenvalue weighted by Crippen LogP contribution is 2.66. The standard InChI is InChI=1S/C10H10Br2N2O2/c1-9(6-10(9,11)12)8(15)14-13-5-7-3-2-4-16-7/h2-5H,6H2,1H3,(H,14,15)/b13-5-/t9-/m0/s1. The molecule has 0 unspecified atom stereocenters. The number of halogens is 2. The molecule has 1 amide bonds. The average Bonchev–Trinajstić information content (AvgIpc) is 2.64. The van der Waals surface area contributed by atoms with Gasteiger partial charge in [-0.3, -0.25) is 4.79 Å². The van der Waals surface area contributed by atoms with E-state index in [0.717, 1.165) is 6.42 Å². The maximum atomic E-state index is 11.8. The lowest BCUT2D eigenvalue weighted by molar-refractivity contribution is -0.125. The van der Waals surface area contributed by atoms with Gasteiger partial charge in [-0.25, -0.2) is 5.43 Å². The van der Waals surface area contributed by atoms with Gasteiger partial charge in [0, 0.05) is 0 Å². The fourth-order valence-electron chi connectivity index (χ4n) is 1.29. The second kappa shape index (κ2) is 4.00. The molecule has 1 aliphatic rings. The third-order valence-corrected chi connectivity index (χ3v) is 4.97. The minimum absolute atomic E-state index is 0.121. The van der Waals surface area contributed by atoms with E-state index in [2.05, 4.69) is 42.4 Å². The fourth-order valence-corrected chi connectivity index (χ4v) is 2.77. The van der Waals surface area contributed by atoms with Crippen molar-refractivity contribution < 1.29 is 9.21 Å². The molecule has 4 nitrogen and oxygen atoms in total. The number of carbonyl (C=O) groups excluding carboxylic acids is 1. The summed E-state index contributed by atoms with van der Waals surface area (Å²) < 4.78 is 4.74. The summed E-state index contributed by atoms with van der Waals surface area (Å²) in [5, 5.41) is 3.83. The van der Waals surface area contributed by atoms with Crippen LogP contribution in [0.2, 0.25) is 0 Å². The zero-order valence-corrected chi connectivity index (χ0v) is 11.7. The van der Waals surface area contributed by atoms with Crippen LogP contribution in [0.25, 0.3) is 0 Å². The third-order valence-electron chi connectivity index (χ3n) is 2.66. The highest BCUT2D eigenvalue weighted by atomic mass is 79.9. The molecular weight excluding hydrogens is 340 g/mol. The second-order valence-electron chi connectivity index (χ2n) is 3.93. The number of hydrazone groups is 1. The molecule has 1 aliphatic carbocycles. The molecule has 1 aromatic heterocycles. The van der Waals surface area contributed by atoms with Gasteiger partial charge in [-0.15, -0.1) is 0 Å². The SMILES string of the molecule is C[C@@]1(C(=O)N/N=C\c2ccco2)CC1(Br)Br. The van der Waals surface area contributed by atoms with E-state index in [0.29, 0.717) is 5.76 Å². The molecule has 0 radical (unpaired) electrons. The number of carbonyl (C=O) groups is 1. The molecule has 0 saturated heterocycles. The largest absolute Gasteiger partial charge is 0.463 e. The molecule has 1 saturated carbocycles. The van der Waals surface area contributed by atoms with Crippen LogP contribution in [0.3, 0.4) is 0 Å². The zero-order valence-electron chi connectivity index (χ0n) is 8.54. The Bertz CT molecular complexity index is 428. The van der Waals surface area contributed by atoms with Gasteiger partial charge in [-0.1, -0.05) is 31.9 Å². The van der Waals surface area contributed by atoms with Crippen LogP contribution in [0.4, 0.5) is 0 Å². The van der Waals surface area contributed by atoms with E-state index in [9.17, 15) is 4.79 Å². The number of amides is 1. The second-order valence-corrected chi connectivity index (χ2v) is 7.70. The predicted molar refractivity (Wildman–Crippen MR) is 67.8 cm³/mol. The smallest absolute Gasteiger partial charge is 0.248 e. The van der Waals surface area contributed by atoms with Crippen molar-refractivity contribution in [1.82, 2.24) is 5.43 Å². The summed E-state index contributed by atoms with van der Waals surface area (Å²) in [6, 6.07) is 3.52. The van der Waals surface area contributed by atoms with Crippen LogP contribution < -0.4 is 5.43 Å². The molecular formula is C10H10Br2N2O2. The van der Waals surface area contributed by atoms with Crippen molar-refractivity contribution in [3.05, 3.63) is 24.2 Å². The first kappa shape index (κ1) is 11.9. The van der Waals surface area contributed by atoms with Crippen molar-refractivity contribution in [2.24, 2.45) is 10.5 Å². The molecule has 0 spiro atoms. The molecule has 1 fully saturated rings. The minimum Gasteiger partial charge on any atom is -0.463 e. The molecule has 0 aromatic carbocycles. The Morgan fingerprint density at radius 2 is 2.38 bits per heavy atom. The predicted octanol–water partition coefficient (Wildman–Crippen LogP) is 2.63. The fraction of sp³-hybridized carbons (Fsp3) is 0.400. The maximum Gasteiger partial charge on any atom is 0.248 e. The first-order valence-electron chi connectivity index (χ1n) is 4.70. The molecule has 0 bridgehead atoms. The quantitative estimate of drug-likeness (QED) is 0.518. The van der Waals surface area contributed by atoms with E-state index < -0.39 is 5.41 Å². The molecule has 1 aromatic rings. The van der Waals surface area contributed by atoms with Crippen molar-refractivity contribution in [2.45, 2.75) is 16.6 Å². The minimum atomic E-state index is -0.451. The molecule has 86 valence electrons. The van der Waals surface area contributed by atoms with Crippen LogP contribution >= 0.6 is 31.9 Å². The van der Waals surface area contributed by atoms with Gasteiger partial charge in [-0.2, -0.15) is 5.10 Å². The lowest BCUT2D eigenvalue weighted by Gasteiger charge is -2.09. The van der Waals surface area contributed by atoms with Crippen molar-refractivity contribution in [3.63, 3.8) is 0 Å². The topological polar surface area (TPSA) is 54.6 Å². The lowest BCUT2D eigenvalue weighted by Crippen LogP contribution is -2.29. The van der Waals surface area contributed by atoms with Gasteiger partial charge in [0.25, 0.3) is 0 Å². The van der Waals surface area contributed by atoms with E-state index >= 15 is 0 Å². The monoisotopic (exact) mass is 348 g/mol. The molecule has 0 aliphatic heterocycles.